The monoisotopic (exact) mass is 295 g/mol. The highest BCUT2D eigenvalue weighted by molar-refractivity contribution is 6.35. The number of nitrogens with one attached hydrogen (secondary N) is 1. The first-order valence-electron chi connectivity index (χ1n) is 6.04. The summed E-state index contributed by atoms with van der Waals surface area (Å²) in [5, 5.41) is 14.4. The Morgan fingerprint density at radius 1 is 1.05 bits per heavy atom. The molecule has 0 saturated heterocycles. The summed E-state index contributed by atoms with van der Waals surface area (Å²) in [6, 6.07) is 15.0. The van der Waals surface area contributed by atoms with Crippen molar-refractivity contribution in [3.8, 4) is 0 Å². The van der Waals surface area contributed by atoms with E-state index in [2.05, 4.69) is 5.32 Å². The first-order chi connectivity index (χ1) is 9.16. The van der Waals surface area contributed by atoms with Gasteiger partial charge >= 0.3 is 0 Å². The number of halogens is 2. The van der Waals surface area contributed by atoms with Gasteiger partial charge < -0.3 is 10.4 Å². The van der Waals surface area contributed by atoms with Gasteiger partial charge in [0.15, 0.2) is 0 Å². The highest BCUT2D eigenvalue weighted by Gasteiger charge is 2.07. The molecule has 19 heavy (non-hydrogen) atoms. The maximum absolute atomic E-state index is 10.00. The van der Waals surface area contributed by atoms with E-state index in [1.165, 1.54) is 0 Å². The lowest BCUT2D eigenvalue weighted by Gasteiger charge is -2.12. The van der Waals surface area contributed by atoms with E-state index in [1.54, 1.807) is 12.1 Å². The molecule has 0 bridgehead atoms. The molecule has 0 aliphatic rings. The van der Waals surface area contributed by atoms with Gasteiger partial charge in [0.25, 0.3) is 0 Å². The van der Waals surface area contributed by atoms with Crippen LogP contribution in [0, 0.1) is 0 Å². The van der Waals surface area contributed by atoms with Crippen LogP contribution in [0.2, 0.25) is 10.0 Å². The third kappa shape index (κ3) is 4.22. The van der Waals surface area contributed by atoms with Crippen LogP contribution in [0.15, 0.2) is 48.5 Å². The van der Waals surface area contributed by atoms with Crippen molar-refractivity contribution in [1.82, 2.24) is 5.32 Å². The quantitative estimate of drug-likeness (QED) is 0.879. The molecule has 0 fully saturated rings. The van der Waals surface area contributed by atoms with Gasteiger partial charge in [-0.2, -0.15) is 0 Å². The molecule has 2 aromatic carbocycles. The van der Waals surface area contributed by atoms with Crippen LogP contribution in [0.3, 0.4) is 0 Å². The van der Waals surface area contributed by atoms with E-state index in [1.807, 2.05) is 36.4 Å². The fourth-order valence-electron chi connectivity index (χ4n) is 1.80. The summed E-state index contributed by atoms with van der Waals surface area (Å²) in [6.07, 6.45) is -0.521. The third-order valence-electron chi connectivity index (χ3n) is 2.85. The molecule has 0 amide bonds. The molecule has 1 atom stereocenters. The van der Waals surface area contributed by atoms with Crippen LogP contribution < -0.4 is 5.32 Å². The molecule has 0 aromatic heterocycles. The average Bonchev–Trinajstić information content (AvgIpc) is 2.42. The van der Waals surface area contributed by atoms with Crippen molar-refractivity contribution in [2.45, 2.75) is 12.6 Å². The van der Waals surface area contributed by atoms with E-state index >= 15 is 0 Å². The Bertz CT molecular complexity index is 531. The van der Waals surface area contributed by atoms with Gasteiger partial charge in [-0.05, 0) is 23.3 Å². The van der Waals surface area contributed by atoms with Crippen molar-refractivity contribution < 1.29 is 5.11 Å². The topological polar surface area (TPSA) is 32.3 Å². The Morgan fingerprint density at radius 3 is 2.47 bits per heavy atom. The van der Waals surface area contributed by atoms with Crippen LogP contribution in [0.4, 0.5) is 0 Å². The van der Waals surface area contributed by atoms with Crippen LogP contribution >= 0.6 is 23.2 Å². The Morgan fingerprint density at radius 2 is 1.79 bits per heavy atom. The summed E-state index contributed by atoms with van der Waals surface area (Å²) in [5.41, 5.74) is 1.86. The van der Waals surface area contributed by atoms with E-state index in [9.17, 15) is 5.11 Å². The second-order valence-electron chi connectivity index (χ2n) is 4.29. The molecule has 2 nitrogen and oxygen atoms in total. The van der Waals surface area contributed by atoms with Crippen molar-refractivity contribution in [3.63, 3.8) is 0 Å². The minimum atomic E-state index is -0.521. The van der Waals surface area contributed by atoms with Gasteiger partial charge in [0.2, 0.25) is 0 Å². The van der Waals surface area contributed by atoms with E-state index in [4.69, 9.17) is 23.2 Å². The summed E-state index contributed by atoms with van der Waals surface area (Å²) < 4.78 is 0. The second kappa shape index (κ2) is 6.92. The van der Waals surface area contributed by atoms with Crippen molar-refractivity contribution in [2.75, 3.05) is 6.54 Å². The smallest absolute Gasteiger partial charge is 0.0914 e. The SMILES string of the molecule is O[C@H](CNCc1ccc(Cl)cc1Cl)c1ccccc1. The van der Waals surface area contributed by atoms with Gasteiger partial charge in [0.1, 0.15) is 0 Å². The average molecular weight is 296 g/mol. The molecule has 0 aliphatic carbocycles. The Balaban J connectivity index is 1.86. The molecular formula is C15H15Cl2NO. The fourth-order valence-corrected chi connectivity index (χ4v) is 2.28. The van der Waals surface area contributed by atoms with Gasteiger partial charge in [-0.1, -0.05) is 59.6 Å². The van der Waals surface area contributed by atoms with Crippen LogP contribution in [-0.2, 0) is 6.54 Å². The number of hydrogen-bond acceptors (Lipinski definition) is 2. The first kappa shape index (κ1) is 14.4. The lowest BCUT2D eigenvalue weighted by molar-refractivity contribution is 0.174. The molecule has 0 spiro atoms. The van der Waals surface area contributed by atoms with Crippen molar-refractivity contribution in [2.24, 2.45) is 0 Å². The number of hydrogen-bond donors (Lipinski definition) is 2. The number of rotatable bonds is 5. The zero-order valence-corrected chi connectivity index (χ0v) is 11.8. The minimum Gasteiger partial charge on any atom is -0.387 e. The van der Waals surface area contributed by atoms with E-state index in [-0.39, 0.29) is 0 Å². The standard InChI is InChI=1S/C15H15Cl2NO/c16-13-7-6-12(14(17)8-13)9-18-10-15(19)11-4-2-1-3-5-11/h1-8,15,18-19H,9-10H2/t15-/m1/s1. The molecule has 2 aromatic rings. The van der Waals surface area contributed by atoms with E-state index < -0.39 is 6.10 Å². The molecule has 0 aliphatic heterocycles. The zero-order chi connectivity index (χ0) is 13.7. The molecule has 4 heteroatoms. The molecule has 0 unspecified atom stereocenters. The Labute approximate surface area is 123 Å². The van der Waals surface area contributed by atoms with Gasteiger partial charge in [-0.25, -0.2) is 0 Å². The van der Waals surface area contributed by atoms with Crippen LogP contribution in [0.5, 0.6) is 0 Å². The molecule has 0 radical (unpaired) electrons. The lowest BCUT2D eigenvalue weighted by atomic mass is 10.1. The summed E-state index contributed by atoms with van der Waals surface area (Å²) in [6.45, 7) is 1.07. The van der Waals surface area contributed by atoms with Gasteiger partial charge in [0, 0.05) is 23.1 Å². The third-order valence-corrected chi connectivity index (χ3v) is 3.44. The predicted octanol–water partition coefficient (Wildman–Crippen LogP) is 3.82. The minimum absolute atomic E-state index is 0.475. The normalized spacial score (nSPS) is 12.4. The predicted molar refractivity (Wildman–Crippen MR) is 79.6 cm³/mol. The molecule has 0 heterocycles. The van der Waals surface area contributed by atoms with Gasteiger partial charge in [-0.15, -0.1) is 0 Å². The lowest BCUT2D eigenvalue weighted by Crippen LogP contribution is -2.21. The Kier molecular flexibility index (Phi) is 5.23. The Hall–Kier alpha value is -1.06. The van der Waals surface area contributed by atoms with E-state index in [0.717, 1.165) is 11.1 Å². The maximum Gasteiger partial charge on any atom is 0.0914 e. The maximum atomic E-state index is 10.00. The summed E-state index contributed by atoms with van der Waals surface area (Å²) in [4.78, 5) is 0. The van der Waals surface area contributed by atoms with Crippen molar-refractivity contribution in [3.05, 3.63) is 69.7 Å². The highest BCUT2D eigenvalue weighted by atomic mass is 35.5. The summed E-state index contributed by atoms with van der Waals surface area (Å²) >= 11 is 11.9. The van der Waals surface area contributed by atoms with Crippen LogP contribution in [0.1, 0.15) is 17.2 Å². The van der Waals surface area contributed by atoms with Crippen LogP contribution in [0.25, 0.3) is 0 Å². The van der Waals surface area contributed by atoms with Gasteiger partial charge in [0.05, 0.1) is 6.10 Å². The number of benzene rings is 2. The second-order valence-corrected chi connectivity index (χ2v) is 5.14. The van der Waals surface area contributed by atoms with E-state index in [0.29, 0.717) is 23.1 Å². The molecule has 100 valence electrons. The number of aliphatic hydroxyl groups excluding tert-OH is 1. The summed E-state index contributed by atoms with van der Waals surface area (Å²) in [7, 11) is 0. The molecule has 2 N–H and O–H groups in total. The molecule has 0 saturated carbocycles. The van der Waals surface area contributed by atoms with Crippen molar-refractivity contribution >= 4 is 23.2 Å². The summed E-state index contributed by atoms with van der Waals surface area (Å²) in [5.74, 6) is 0. The zero-order valence-electron chi connectivity index (χ0n) is 10.3. The van der Waals surface area contributed by atoms with Crippen LogP contribution in [-0.4, -0.2) is 11.7 Å². The largest absolute Gasteiger partial charge is 0.387 e. The molecule has 2 rings (SSSR count). The van der Waals surface area contributed by atoms with Gasteiger partial charge in [-0.3, -0.25) is 0 Å². The fraction of sp³-hybridized carbons (Fsp3) is 0.200. The molecular weight excluding hydrogens is 281 g/mol. The number of aliphatic hydroxyl groups is 1. The van der Waals surface area contributed by atoms with Crippen molar-refractivity contribution in [1.29, 1.82) is 0 Å². The highest BCUT2D eigenvalue weighted by Crippen LogP contribution is 2.21. The first-order valence-corrected chi connectivity index (χ1v) is 6.80.